The van der Waals surface area contributed by atoms with Gasteiger partial charge in [0.25, 0.3) is 0 Å². The lowest BCUT2D eigenvalue weighted by Crippen LogP contribution is -2.49. The molecule has 5 aliphatic rings. The van der Waals surface area contributed by atoms with Crippen LogP contribution in [0.2, 0.25) is 0 Å². The third kappa shape index (κ3) is 7.61. The Kier molecular flexibility index (Phi) is 11.9. The number of fused-ring (bicyclic) bond motifs is 10. The number of hydrogen-bond acceptors (Lipinski definition) is 7. The number of morpholine rings is 1. The fraction of sp³-hybridized carbons (Fsp3) is 0.415. The minimum atomic E-state index is -0.329. The van der Waals surface area contributed by atoms with Crippen LogP contribution < -0.4 is 10.2 Å². The van der Waals surface area contributed by atoms with Crippen LogP contribution in [-0.4, -0.2) is 85.6 Å². The van der Waals surface area contributed by atoms with E-state index in [0.717, 1.165) is 35.4 Å². The highest BCUT2D eigenvalue weighted by Crippen LogP contribution is 2.49. The van der Waals surface area contributed by atoms with E-state index in [-0.39, 0.29) is 18.0 Å². The summed E-state index contributed by atoms with van der Waals surface area (Å²) in [6.07, 6.45) is 12.5. The van der Waals surface area contributed by atoms with Gasteiger partial charge in [0, 0.05) is 77.9 Å². The molecule has 64 heavy (non-hydrogen) atoms. The number of nitrogens with zero attached hydrogens (tertiary/aromatic N) is 4. The van der Waals surface area contributed by atoms with Crippen molar-refractivity contribution < 1.29 is 28.6 Å². The maximum atomic E-state index is 13.7. The molecule has 0 radical (unpaired) electrons. The number of esters is 2. The third-order valence-electron chi connectivity index (χ3n) is 14.4. The van der Waals surface area contributed by atoms with E-state index in [1.165, 1.54) is 123 Å². The summed E-state index contributed by atoms with van der Waals surface area (Å²) in [5.74, 6) is 0.451. The maximum absolute atomic E-state index is 13.7. The van der Waals surface area contributed by atoms with E-state index in [9.17, 15) is 14.4 Å². The molecule has 1 N–H and O–H groups in total. The third-order valence-corrected chi connectivity index (χ3v) is 14.4. The number of ether oxygens (including phenoxy) is 3. The van der Waals surface area contributed by atoms with Gasteiger partial charge in [0.1, 0.15) is 0 Å². The molecule has 0 bridgehead atoms. The lowest BCUT2D eigenvalue weighted by molar-refractivity contribution is 0.0548. The van der Waals surface area contributed by atoms with E-state index in [2.05, 4.69) is 69.0 Å². The van der Waals surface area contributed by atoms with E-state index >= 15 is 0 Å². The summed E-state index contributed by atoms with van der Waals surface area (Å²) >= 11 is 0. The van der Waals surface area contributed by atoms with Gasteiger partial charge in [-0.2, -0.15) is 0 Å². The number of para-hydroxylation sites is 2. The average Bonchev–Trinajstić information content (AvgIpc) is 3.70. The normalized spacial score (nSPS) is 17.7. The van der Waals surface area contributed by atoms with Crippen molar-refractivity contribution in [2.75, 3.05) is 63.8 Å². The van der Waals surface area contributed by atoms with E-state index in [1.807, 2.05) is 40.1 Å². The van der Waals surface area contributed by atoms with Crippen LogP contribution in [0, 0.1) is 0 Å². The van der Waals surface area contributed by atoms with Gasteiger partial charge in [-0.3, -0.25) is 4.90 Å². The summed E-state index contributed by atoms with van der Waals surface area (Å²) in [5, 5.41) is 6.10. The number of urea groups is 1. The molecule has 3 aliphatic heterocycles. The van der Waals surface area contributed by atoms with Crippen molar-refractivity contribution in [2.45, 2.75) is 89.1 Å². The van der Waals surface area contributed by atoms with Gasteiger partial charge < -0.3 is 33.6 Å². The number of amides is 2. The number of benzene rings is 4. The average molecular weight is 862 g/mol. The Bertz CT molecular complexity index is 2710. The van der Waals surface area contributed by atoms with Gasteiger partial charge in [0.05, 0.1) is 55.6 Å². The van der Waals surface area contributed by atoms with Crippen molar-refractivity contribution in [3.05, 3.63) is 107 Å². The molecule has 4 aromatic carbocycles. The van der Waals surface area contributed by atoms with Gasteiger partial charge in [0.2, 0.25) is 0 Å². The van der Waals surface area contributed by atoms with Crippen LogP contribution in [0.4, 0.5) is 16.2 Å². The Morgan fingerprint density at radius 2 is 1.12 bits per heavy atom. The minimum Gasteiger partial charge on any atom is -0.465 e. The molecule has 11 heteroatoms. The lowest BCUT2D eigenvalue weighted by Gasteiger charge is -2.33. The number of aromatic nitrogens is 2. The number of methoxy groups -OCH3 is 2. The SMILES string of the molecule is COC(=O)c1ccc2c(C3CCCCC3)c3n(c2c1)CCN(C(=O)N1CCOCC1)c1ccccc1-3.COC(=O)c1ccc2c(C3CCCCC3)c3n(c2c1)CCNc1ccccc1-3. The summed E-state index contributed by atoms with van der Waals surface area (Å²) in [7, 11) is 2.86. The largest absolute Gasteiger partial charge is 0.465 e. The summed E-state index contributed by atoms with van der Waals surface area (Å²) < 4.78 is 20.3. The number of nitrogens with one attached hydrogen (secondary N) is 1. The standard InChI is InChI=1S/C29H33N3O4.C24H26N2O2/c1-35-28(33)21-11-12-22-25(19-21)31-13-14-32(29(34)30-15-17-36-18-16-30)24-10-6-5-9-23(24)27(31)26(22)20-7-3-2-4-8-20;1-28-24(27)17-11-12-19-21(15-17)26-14-13-25-20-10-6-5-9-18(20)23(26)22(19)16-7-3-2-4-8-16/h5-6,9-12,19-20H,2-4,7-8,13-18H2,1H3;5-6,9-12,15-16,25H,2-4,7-8,13-14H2,1H3. The smallest absolute Gasteiger partial charge is 0.337 e. The van der Waals surface area contributed by atoms with Crippen molar-refractivity contribution in [1.29, 1.82) is 0 Å². The molecule has 2 aromatic heterocycles. The zero-order valence-corrected chi connectivity index (χ0v) is 37.2. The molecule has 6 aromatic rings. The molecule has 2 amide bonds. The molecule has 0 unspecified atom stereocenters. The fourth-order valence-electron chi connectivity index (χ4n) is 11.4. The van der Waals surface area contributed by atoms with Crippen LogP contribution in [0.5, 0.6) is 0 Å². The molecule has 0 spiro atoms. The molecule has 5 heterocycles. The number of hydrogen-bond donors (Lipinski definition) is 1. The fourth-order valence-corrected chi connectivity index (χ4v) is 11.4. The molecule has 1 saturated heterocycles. The quantitative estimate of drug-likeness (QED) is 0.176. The Morgan fingerprint density at radius 3 is 1.72 bits per heavy atom. The molecule has 11 nitrogen and oxygen atoms in total. The van der Waals surface area contributed by atoms with E-state index < -0.39 is 0 Å². The molecule has 3 fully saturated rings. The molecule has 2 saturated carbocycles. The van der Waals surface area contributed by atoms with Crippen molar-refractivity contribution >= 4 is 51.2 Å². The van der Waals surface area contributed by atoms with Gasteiger partial charge in [-0.15, -0.1) is 0 Å². The molecule has 0 atom stereocenters. The van der Waals surface area contributed by atoms with Crippen molar-refractivity contribution in [3.63, 3.8) is 0 Å². The molecule has 2 aliphatic carbocycles. The van der Waals surface area contributed by atoms with Crippen LogP contribution in [0.15, 0.2) is 84.9 Å². The second-order valence-electron chi connectivity index (χ2n) is 18.0. The van der Waals surface area contributed by atoms with Crippen LogP contribution in [0.1, 0.15) is 108 Å². The maximum Gasteiger partial charge on any atom is 0.337 e. The van der Waals surface area contributed by atoms with Gasteiger partial charge in [-0.05, 0) is 85.0 Å². The zero-order valence-electron chi connectivity index (χ0n) is 37.2. The van der Waals surface area contributed by atoms with Gasteiger partial charge in [0.15, 0.2) is 0 Å². The Morgan fingerprint density at radius 1 is 0.594 bits per heavy atom. The summed E-state index contributed by atoms with van der Waals surface area (Å²) in [6, 6.07) is 29.0. The number of carbonyl (C=O) groups is 3. The predicted octanol–water partition coefficient (Wildman–Crippen LogP) is 11.0. The monoisotopic (exact) mass is 861 g/mol. The van der Waals surface area contributed by atoms with Gasteiger partial charge in [-0.25, -0.2) is 14.4 Å². The number of anilines is 2. The summed E-state index contributed by atoms with van der Waals surface area (Å²) in [6.45, 7) is 5.37. The highest BCUT2D eigenvalue weighted by Gasteiger charge is 2.34. The topological polar surface area (TPSA) is 107 Å². The van der Waals surface area contributed by atoms with Crippen LogP contribution >= 0.6 is 0 Å². The lowest BCUT2D eigenvalue weighted by atomic mass is 9.81. The minimum absolute atomic E-state index is 0.0373. The highest BCUT2D eigenvalue weighted by atomic mass is 16.5. The zero-order chi connectivity index (χ0) is 43.7. The van der Waals surface area contributed by atoms with Gasteiger partial charge >= 0.3 is 18.0 Å². The Labute approximate surface area is 375 Å². The summed E-state index contributed by atoms with van der Waals surface area (Å²) in [4.78, 5) is 42.1. The number of carbonyl (C=O) groups excluding carboxylic acids is 3. The first kappa shape index (κ1) is 41.9. The highest BCUT2D eigenvalue weighted by molar-refractivity contribution is 6.03. The van der Waals surface area contributed by atoms with Crippen molar-refractivity contribution in [3.8, 4) is 22.5 Å². The van der Waals surface area contributed by atoms with Crippen LogP contribution in [-0.2, 0) is 27.3 Å². The van der Waals surface area contributed by atoms with Crippen molar-refractivity contribution in [2.24, 2.45) is 0 Å². The van der Waals surface area contributed by atoms with E-state index in [0.29, 0.717) is 62.4 Å². The van der Waals surface area contributed by atoms with Gasteiger partial charge in [-0.1, -0.05) is 87.1 Å². The first-order valence-electron chi connectivity index (χ1n) is 23.5. The first-order valence-corrected chi connectivity index (χ1v) is 23.5. The van der Waals surface area contributed by atoms with E-state index in [4.69, 9.17) is 14.2 Å². The predicted molar refractivity (Wildman–Crippen MR) is 253 cm³/mol. The Balaban J connectivity index is 0.000000156. The molecule has 11 rings (SSSR count). The second kappa shape index (κ2) is 18.2. The van der Waals surface area contributed by atoms with E-state index in [1.54, 1.807) is 0 Å². The molecule has 332 valence electrons. The van der Waals surface area contributed by atoms with Crippen LogP contribution in [0.25, 0.3) is 44.3 Å². The second-order valence-corrected chi connectivity index (χ2v) is 18.0. The number of rotatable bonds is 4. The molecular formula is C53H59N5O6. The van der Waals surface area contributed by atoms with Crippen molar-refractivity contribution in [1.82, 2.24) is 14.0 Å². The molecular weight excluding hydrogens is 803 g/mol. The Hall–Kier alpha value is -6.07. The van der Waals surface area contributed by atoms with Crippen LogP contribution in [0.3, 0.4) is 0 Å². The summed E-state index contributed by atoms with van der Waals surface area (Å²) in [5.41, 5.74) is 13.3. The first-order chi connectivity index (χ1) is 31.4.